The van der Waals surface area contributed by atoms with Crippen LogP contribution in [-0.2, 0) is 5.21 Å². The van der Waals surface area contributed by atoms with Crippen LogP contribution in [0.1, 0.15) is 31.9 Å². The highest BCUT2D eigenvalue weighted by atomic mass is 16.3. The molecule has 162 valence electrons. The van der Waals surface area contributed by atoms with Gasteiger partial charge in [0.15, 0.2) is 0 Å². The van der Waals surface area contributed by atoms with Crippen LogP contribution >= 0.6 is 0 Å². The van der Waals surface area contributed by atoms with Gasteiger partial charge in [-0.15, -0.1) is 0 Å². The summed E-state index contributed by atoms with van der Waals surface area (Å²) in [4.78, 5) is 4.66. The Bertz CT molecular complexity index is 1620. The van der Waals surface area contributed by atoms with Crippen LogP contribution in [0.3, 0.4) is 0 Å². The summed E-state index contributed by atoms with van der Waals surface area (Å²) in [6.07, 6.45) is 0. The molecule has 0 unspecified atom stereocenters. The van der Waals surface area contributed by atoms with Gasteiger partial charge in [0.2, 0.25) is 0 Å². The van der Waals surface area contributed by atoms with Crippen molar-refractivity contribution in [2.45, 2.75) is 26.0 Å². The van der Waals surface area contributed by atoms with Gasteiger partial charge in [-0.25, -0.2) is 0 Å². The Hall–Kier alpha value is -3.71. The summed E-state index contributed by atoms with van der Waals surface area (Å²) in [5, 5.41) is 10.5. The number of para-hydroxylation sites is 1. The largest absolute Gasteiger partial charge is 0.455 e. The van der Waals surface area contributed by atoms with Crippen LogP contribution in [0.2, 0.25) is 0 Å². The summed E-state index contributed by atoms with van der Waals surface area (Å²) in [6.45, 7) is 5.90. The number of nitrogens with zero attached hydrogens (tertiary/aromatic N) is 2. The van der Waals surface area contributed by atoms with E-state index < -0.39 is 10.6 Å². The van der Waals surface area contributed by atoms with Crippen molar-refractivity contribution in [2.75, 3.05) is 0 Å². The first-order valence-corrected chi connectivity index (χ1v) is 11.4. The van der Waals surface area contributed by atoms with Gasteiger partial charge in [-0.05, 0) is 46.4 Å². The molecule has 0 aliphatic heterocycles. The van der Waals surface area contributed by atoms with Crippen molar-refractivity contribution in [3.8, 4) is 28.5 Å². The number of rotatable bonds is 3. The predicted molar refractivity (Wildman–Crippen MR) is 145 cm³/mol. The zero-order valence-corrected chi connectivity index (χ0v) is 20.0. The zero-order chi connectivity index (χ0) is 25.0. The van der Waals surface area contributed by atoms with Crippen LogP contribution in [0.15, 0.2) is 77.2 Å². The topological polar surface area (TPSA) is 49.8 Å². The van der Waals surface area contributed by atoms with Gasteiger partial charge in [0.05, 0.1) is 33.0 Å². The van der Waals surface area contributed by atoms with Crippen LogP contribution in [0.5, 0.6) is 0 Å². The first kappa shape index (κ1) is 23.1. The average molecular weight is 446 g/mol. The monoisotopic (exact) mass is 446 g/mol. The lowest BCUT2D eigenvalue weighted by Crippen LogP contribution is -2.45. The lowest BCUT2D eigenvalue weighted by Gasteiger charge is -2.41. The van der Waals surface area contributed by atoms with E-state index in [1.165, 1.54) is 0 Å². The highest BCUT2D eigenvalue weighted by molar-refractivity contribution is 6.43. The summed E-state index contributed by atoms with van der Waals surface area (Å²) < 4.78 is 6.48. The summed E-state index contributed by atoms with van der Waals surface area (Å²) in [5.41, 5.74) is 5.50. The Morgan fingerprint density at radius 1 is 0.829 bits per heavy atom. The van der Waals surface area contributed by atoms with Crippen LogP contribution in [-0.4, -0.2) is 28.5 Å². The van der Waals surface area contributed by atoms with Crippen molar-refractivity contribution in [2.24, 2.45) is 5.41 Å². The van der Waals surface area contributed by atoms with Crippen molar-refractivity contribution in [1.29, 1.82) is 5.26 Å². The Morgan fingerprint density at radius 2 is 1.54 bits per heavy atom. The molecule has 0 amide bonds. The van der Waals surface area contributed by atoms with Crippen molar-refractivity contribution < 1.29 is 4.42 Å². The van der Waals surface area contributed by atoms with Gasteiger partial charge in [-0.2, -0.15) is 5.26 Å². The molecule has 0 N–H and O–H groups in total. The highest BCUT2D eigenvalue weighted by Gasteiger charge is 2.34. The third kappa shape index (κ3) is 3.67. The summed E-state index contributed by atoms with van der Waals surface area (Å²) in [5.74, 6) is 0. The summed E-state index contributed by atoms with van der Waals surface area (Å²) >= 11 is 0. The highest BCUT2D eigenvalue weighted by Crippen LogP contribution is 2.41. The zero-order valence-electron chi connectivity index (χ0n) is 20.0. The third-order valence-electron chi connectivity index (χ3n) is 6.74. The van der Waals surface area contributed by atoms with Gasteiger partial charge in [-0.1, -0.05) is 74.5 Å². The molecule has 0 aliphatic rings. The molecule has 6 radical (unpaired) electrons. The minimum Gasteiger partial charge on any atom is -0.455 e. The number of fused-ring (bicyclic) bond motifs is 3. The van der Waals surface area contributed by atoms with Crippen LogP contribution in [0, 0.1) is 16.7 Å². The Balaban J connectivity index is 1.74. The second-order valence-corrected chi connectivity index (χ2v) is 9.88. The lowest BCUT2D eigenvalue weighted by molar-refractivity contribution is 0.359. The molecule has 3 aromatic carbocycles. The predicted octanol–water partition coefficient (Wildman–Crippen LogP) is 5.52. The maximum atomic E-state index is 9.79. The maximum absolute atomic E-state index is 9.79. The first-order chi connectivity index (χ1) is 16.6. The van der Waals surface area contributed by atoms with E-state index in [2.05, 4.69) is 11.1 Å². The van der Waals surface area contributed by atoms with Crippen LogP contribution in [0.25, 0.3) is 44.3 Å². The van der Waals surface area contributed by atoms with E-state index >= 15 is 0 Å². The normalized spacial score (nSPS) is 12.2. The number of benzene rings is 3. The summed E-state index contributed by atoms with van der Waals surface area (Å²) in [6, 6.07) is 25.5. The summed E-state index contributed by atoms with van der Waals surface area (Å²) in [7, 11) is 19.3. The first-order valence-electron chi connectivity index (χ1n) is 11.4. The van der Waals surface area contributed by atoms with Gasteiger partial charge < -0.3 is 4.42 Å². The van der Waals surface area contributed by atoms with Crippen molar-refractivity contribution in [3.63, 3.8) is 0 Å². The van der Waals surface area contributed by atoms with Crippen LogP contribution < -0.4 is 5.59 Å². The molecular weight excluding hydrogens is 425 g/mol. The van der Waals surface area contributed by atoms with Crippen LogP contribution in [0.4, 0.5) is 0 Å². The fraction of sp³-hybridized carbons (Fsp3) is 0.172. The molecule has 0 saturated carbocycles. The minimum atomic E-state index is -1.15. The Labute approximate surface area is 209 Å². The standard InChI is InChI=1S/C29H21B3N2O/c1-28(2,3)29(31,32)22-14-15-23(34-27(22)30)21-11-7-10-19-20-13-12-18(16-33)24(26(20)35-25(19)21)17-8-5-4-6-9-17/h4-15H,1-3H3. The fourth-order valence-electron chi connectivity index (χ4n) is 4.43. The molecule has 5 rings (SSSR count). The molecule has 0 atom stereocenters. The van der Waals surface area contributed by atoms with Gasteiger partial charge in [0, 0.05) is 21.9 Å². The van der Waals surface area contributed by atoms with Gasteiger partial charge in [-0.3, -0.25) is 4.98 Å². The second-order valence-electron chi connectivity index (χ2n) is 9.88. The molecule has 2 heterocycles. The van der Waals surface area contributed by atoms with E-state index in [0.29, 0.717) is 28.0 Å². The maximum Gasteiger partial charge on any atom is 0.144 e. The number of furan rings is 1. The molecule has 0 aliphatic carbocycles. The number of pyridine rings is 1. The van der Waals surface area contributed by atoms with E-state index in [0.717, 1.165) is 27.5 Å². The van der Waals surface area contributed by atoms with E-state index in [1.807, 2.05) is 93.6 Å². The third-order valence-corrected chi connectivity index (χ3v) is 6.74. The van der Waals surface area contributed by atoms with E-state index in [-0.39, 0.29) is 5.59 Å². The van der Waals surface area contributed by atoms with Crippen molar-refractivity contribution >= 4 is 51.1 Å². The van der Waals surface area contributed by atoms with E-state index in [1.54, 1.807) is 0 Å². The molecule has 3 nitrogen and oxygen atoms in total. The molecule has 0 bridgehead atoms. The lowest BCUT2D eigenvalue weighted by atomic mass is 9.40. The minimum absolute atomic E-state index is 0.285. The number of aromatic nitrogens is 1. The smallest absolute Gasteiger partial charge is 0.144 e. The number of hydrogen-bond acceptors (Lipinski definition) is 3. The number of nitriles is 1. The molecule has 5 aromatic rings. The molecule has 0 saturated heterocycles. The molecule has 0 spiro atoms. The Morgan fingerprint density at radius 3 is 2.20 bits per heavy atom. The SMILES string of the molecule is [B]c1nc(-c2cccc3c2oc2c(-c4ccccc4)c(C#N)ccc23)ccc1C([B])([B])C(C)(C)C. The van der Waals surface area contributed by atoms with Crippen molar-refractivity contribution in [3.05, 3.63) is 83.9 Å². The molecule has 6 heteroatoms. The number of hydrogen-bond donors (Lipinski definition) is 0. The fourth-order valence-corrected chi connectivity index (χ4v) is 4.43. The molecule has 0 fully saturated rings. The van der Waals surface area contributed by atoms with Gasteiger partial charge in [0.1, 0.15) is 19.0 Å². The van der Waals surface area contributed by atoms with E-state index in [9.17, 15) is 5.26 Å². The van der Waals surface area contributed by atoms with Crippen molar-refractivity contribution in [1.82, 2.24) is 4.98 Å². The quantitative estimate of drug-likeness (QED) is 0.344. The average Bonchev–Trinajstić information content (AvgIpc) is 3.21. The second kappa shape index (κ2) is 8.20. The van der Waals surface area contributed by atoms with Gasteiger partial charge in [0.25, 0.3) is 0 Å². The molecule has 35 heavy (non-hydrogen) atoms. The molecule has 2 aromatic heterocycles. The Kier molecular flexibility index (Phi) is 5.40. The van der Waals surface area contributed by atoms with E-state index in [4.69, 9.17) is 28.0 Å². The molecular formula is C29H21B3N2O. The van der Waals surface area contributed by atoms with Gasteiger partial charge >= 0.3 is 0 Å².